The molecule has 0 aromatic carbocycles. The summed E-state index contributed by atoms with van der Waals surface area (Å²) in [5.41, 5.74) is -0.276. The topological polar surface area (TPSA) is 54.0 Å². The smallest absolute Gasteiger partial charge is 0.452 e. The minimum atomic E-state index is -2.47. The van der Waals surface area contributed by atoms with Crippen molar-refractivity contribution in [2.24, 2.45) is 0 Å². The van der Waals surface area contributed by atoms with Crippen LogP contribution in [0.1, 0.15) is 66.2 Å². The monoisotopic (exact) mass is 366 g/mol. The molecule has 0 aromatic heterocycles. The minimum absolute atomic E-state index is 0.269. The van der Waals surface area contributed by atoms with Crippen molar-refractivity contribution in [3.05, 3.63) is 0 Å². The molecule has 0 aromatic rings. The summed E-state index contributed by atoms with van der Waals surface area (Å²) in [5, 5.41) is 0. The van der Waals surface area contributed by atoms with Crippen LogP contribution in [0.3, 0.4) is 0 Å². The van der Waals surface area contributed by atoms with Gasteiger partial charge in [0.15, 0.2) is 0 Å². The molecule has 0 rings (SSSR count). The van der Waals surface area contributed by atoms with Crippen LogP contribution in [0.5, 0.6) is 0 Å². The minimum Gasteiger partial charge on any atom is -0.452 e. The van der Waals surface area contributed by atoms with Gasteiger partial charge in [-0.05, 0) is 40.0 Å². The second-order valence-corrected chi connectivity index (χ2v) is 8.66. The van der Waals surface area contributed by atoms with Crippen LogP contribution in [0, 0.1) is 0 Å². The summed E-state index contributed by atoms with van der Waals surface area (Å²) in [5.74, 6) is -0.269. The summed E-state index contributed by atoms with van der Waals surface area (Å²) in [6, 6.07) is 0.880. The standard InChI is InChI=1S/C16H34O5SSi/c1-5-18-23(19-6-2,20-7-3)14-12-10-8-9-11-13-16(22)21-15(4)17/h16,22H,5-14H2,1-4H3. The third-order valence-corrected chi connectivity index (χ3v) is 6.84. The van der Waals surface area contributed by atoms with Gasteiger partial charge in [-0.15, -0.1) is 12.6 Å². The Balaban J connectivity index is 3.86. The zero-order valence-electron chi connectivity index (χ0n) is 15.1. The highest BCUT2D eigenvalue weighted by atomic mass is 32.1. The van der Waals surface area contributed by atoms with E-state index in [-0.39, 0.29) is 11.4 Å². The van der Waals surface area contributed by atoms with Crippen molar-refractivity contribution < 1.29 is 22.8 Å². The van der Waals surface area contributed by atoms with E-state index in [2.05, 4.69) is 12.6 Å². The maximum absolute atomic E-state index is 10.8. The molecule has 23 heavy (non-hydrogen) atoms. The molecule has 0 fully saturated rings. The zero-order chi connectivity index (χ0) is 17.6. The molecule has 0 bridgehead atoms. The molecule has 0 spiro atoms. The van der Waals surface area contributed by atoms with Gasteiger partial charge in [0, 0.05) is 32.8 Å². The Kier molecular flexibility index (Phi) is 14.2. The lowest BCUT2D eigenvalue weighted by Gasteiger charge is -2.28. The molecule has 0 aliphatic carbocycles. The van der Waals surface area contributed by atoms with Crippen LogP contribution in [-0.4, -0.2) is 40.0 Å². The second-order valence-electron chi connectivity index (χ2n) is 5.35. The number of thiol groups is 1. The summed E-state index contributed by atoms with van der Waals surface area (Å²) >= 11 is 4.23. The average Bonchev–Trinajstić information content (AvgIpc) is 2.46. The van der Waals surface area contributed by atoms with Crippen molar-refractivity contribution >= 4 is 27.4 Å². The predicted octanol–water partition coefficient (Wildman–Crippen LogP) is 4.19. The van der Waals surface area contributed by atoms with Crippen LogP contribution in [0.15, 0.2) is 0 Å². The van der Waals surface area contributed by atoms with Gasteiger partial charge in [-0.3, -0.25) is 4.79 Å². The molecule has 0 saturated carbocycles. The number of carbonyl (C=O) groups is 1. The Hall–Kier alpha value is -0.0831. The lowest BCUT2D eigenvalue weighted by atomic mass is 10.1. The average molecular weight is 367 g/mol. The van der Waals surface area contributed by atoms with Gasteiger partial charge < -0.3 is 18.0 Å². The molecule has 0 aliphatic rings. The lowest BCUT2D eigenvalue weighted by Crippen LogP contribution is -2.45. The van der Waals surface area contributed by atoms with Crippen LogP contribution in [0.2, 0.25) is 6.04 Å². The molecule has 0 saturated heterocycles. The summed E-state index contributed by atoms with van der Waals surface area (Å²) in [6.07, 6.45) is 6.28. The summed E-state index contributed by atoms with van der Waals surface area (Å²) in [4.78, 5) is 10.8. The molecular formula is C16H34O5SSi. The SMILES string of the molecule is CCO[Si](CCCCCCCC(S)OC(C)=O)(OCC)OCC. The third-order valence-electron chi connectivity index (χ3n) is 3.33. The van der Waals surface area contributed by atoms with Crippen molar-refractivity contribution in [3.8, 4) is 0 Å². The van der Waals surface area contributed by atoms with Gasteiger partial charge in [-0.1, -0.05) is 19.3 Å². The van der Waals surface area contributed by atoms with Gasteiger partial charge in [-0.2, -0.15) is 0 Å². The number of rotatable bonds is 15. The summed E-state index contributed by atoms with van der Waals surface area (Å²) in [6.45, 7) is 9.25. The highest BCUT2D eigenvalue weighted by molar-refractivity contribution is 7.80. The highest BCUT2D eigenvalue weighted by Crippen LogP contribution is 2.21. The molecule has 0 N–H and O–H groups in total. The summed E-state index contributed by atoms with van der Waals surface area (Å²) < 4.78 is 22.5. The van der Waals surface area contributed by atoms with E-state index in [1.54, 1.807) is 0 Å². The first-order valence-electron chi connectivity index (χ1n) is 8.76. The van der Waals surface area contributed by atoms with Crippen molar-refractivity contribution in [1.29, 1.82) is 0 Å². The van der Waals surface area contributed by atoms with Gasteiger partial charge in [0.1, 0.15) is 5.44 Å². The predicted molar refractivity (Wildman–Crippen MR) is 97.7 cm³/mol. The molecular weight excluding hydrogens is 332 g/mol. The first kappa shape index (κ1) is 22.9. The van der Waals surface area contributed by atoms with Crippen LogP contribution in [0.25, 0.3) is 0 Å². The number of unbranched alkanes of at least 4 members (excludes halogenated alkanes) is 4. The normalized spacial score (nSPS) is 13.1. The van der Waals surface area contributed by atoms with E-state index in [9.17, 15) is 4.79 Å². The lowest BCUT2D eigenvalue weighted by molar-refractivity contribution is -0.142. The van der Waals surface area contributed by atoms with Gasteiger partial charge in [-0.25, -0.2) is 0 Å². The molecule has 0 amide bonds. The van der Waals surface area contributed by atoms with Gasteiger partial charge >= 0.3 is 14.8 Å². The second kappa shape index (κ2) is 14.3. The first-order valence-corrected chi connectivity index (χ1v) is 11.2. The zero-order valence-corrected chi connectivity index (χ0v) is 17.0. The quantitative estimate of drug-likeness (QED) is 0.155. The van der Waals surface area contributed by atoms with Crippen LogP contribution >= 0.6 is 12.6 Å². The third kappa shape index (κ3) is 12.0. The van der Waals surface area contributed by atoms with E-state index in [1.165, 1.54) is 6.92 Å². The summed E-state index contributed by atoms with van der Waals surface area (Å²) in [7, 11) is -2.47. The molecule has 138 valence electrons. The van der Waals surface area contributed by atoms with Crippen LogP contribution in [0.4, 0.5) is 0 Å². The van der Waals surface area contributed by atoms with Crippen molar-refractivity contribution in [2.45, 2.75) is 77.7 Å². The largest absolute Gasteiger partial charge is 0.500 e. The van der Waals surface area contributed by atoms with Crippen molar-refractivity contribution in [2.75, 3.05) is 19.8 Å². The Labute approximate surface area is 148 Å². The van der Waals surface area contributed by atoms with Gasteiger partial charge in [0.25, 0.3) is 0 Å². The Bertz CT molecular complexity index is 287. The fraction of sp³-hybridized carbons (Fsp3) is 0.938. The van der Waals surface area contributed by atoms with Crippen LogP contribution < -0.4 is 0 Å². The van der Waals surface area contributed by atoms with Gasteiger partial charge in [0.05, 0.1) is 0 Å². The number of ether oxygens (including phenoxy) is 1. The van der Waals surface area contributed by atoms with Crippen LogP contribution in [-0.2, 0) is 22.8 Å². The number of hydrogen-bond acceptors (Lipinski definition) is 6. The maximum Gasteiger partial charge on any atom is 0.500 e. The maximum atomic E-state index is 10.8. The molecule has 0 radical (unpaired) electrons. The molecule has 1 atom stereocenters. The van der Waals surface area contributed by atoms with E-state index in [4.69, 9.17) is 18.0 Å². The number of carbonyl (C=O) groups excluding carboxylic acids is 1. The van der Waals surface area contributed by atoms with Crippen molar-refractivity contribution in [3.63, 3.8) is 0 Å². The fourth-order valence-electron chi connectivity index (χ4n) is 2.44. The Morgan fingerprint density at radius 2 is 1.39 bits per heavy atom. The molecule has 1 unspecified atom stereocenters. The van der Waals surface area contributed by atoms with E-state index in [1.807, 2.05) is 20.8 Å². The molecule has 0 heterocycles. The first-order chi connectivity index (χ1) is 11.0. The van der Waals surface area contributed by atoms with E-state index >= 15 is 0 Å². The van der Waals surface area contributed by atoms with Crippen molar-refractivity contribution in [1.82, 2.24) is 0 Å². The Morgan fingerprint density at radius 3 is 1.87 bits per heavy atom. The highest BCUT2D eigenvalue weighted by Gasteiger charge is 2.39. The molecule has 0 aliphatic heterocycles. The fourth-order valence-corrected chi connectivity index (χ4v) is 5.46. The number of esters is 1. The van der Waals surface area contributed by atoms with E-state index in [0.29, 0.717) is 19.8 Å². The molecule has 5 nitrogen and oxygen atoms in total. The molecule has 7 heteroatoms. The number of hydrogen-bond donors (Lipinski definition) is 1. The van der Waals surface area contributed by atoms with E-state index < -0.39 is 8.80 Å². The van der Waals surface area contributed by atoms with E-state index in [0.717, 1.165) is 44.6 Å². The van der Waals surface area contributed by atoms with Gasteiger partial charge in [0.2, 0.25) is 0 Å². The Morgan fingerprint density at radius 1 is 0.913 bits per heavy atom.